The number of pyridine rings is 1. The van der Waals surface area contributed by atoms with E-state index in [1.165, 1.54) is 13.2 Å². The first-order valence-electron chi connectivity index (χ1n) is 12.9. The van der Waals surface area contributed by atoms with Gasteiger partial charge in [-0.05, 0) is 48.4 Å². The number of phenols is 1. The van der Waals surface area contributed by atoms with Crippen LogP contribution in [0.4, 0.5) is 5.69 Å². The predicted molar refractivity (Wildman–Crippen MR) is 157 cm³/mol. The Morgan fingerprint density at radius 2 is 1.85 bits per heavy atom. The van der Waals surface area contributed by atoms with Crippen molar-refractivity contribution >= 4 is 39.8 Å². The van der Waals surface area contributed by atoms with Gasteiger partial charge in [0.1, 0.15) is 22.8 Å². The molecule has 202 valence electrons. The van der Waals surface area contributed by atoms with E-state index < -0.39 is 5.97 Å². The summed E-state index contributed by atoms with van der Waals surface area (Å²) in [5.74, 6) is -0.221. The van der Waals surface area contributed by atoms with Gasteiger partial charge in [-0.2, -0.15) is 0 Å². The maximum Gasteiger partial charge on any atom is 0.356 e. The summed E-state index contributed by atoms with van der Waals surface area (Å²) in [6, 6.07) is 22.7. The summed E-state index contributed by atoms with van der Waals surface area (Å²) < 4.78 is 11.1. The molecule has 8 nitrogen and oxygen atoms in total. The maximum absolute atomic E-state index is 12.6. The minimum absolute atomic E-state index is 0.0133. The van der Waals surface area contributed by atoms with Crippen LogP contribution < -0.4 is 10.7 Å². The number of benzene rings is 4. The van der Waals surface area contributed by atoms with E-state index in [1.807, 2.05) is 30.3 Å². The van der Waals surface area contributed by atoms with E-state index in [4.69, 9.17) is 9.15 Å². The van der Waals surface area contributed by atoms with Gasteiger partial charge >= 0.3 is 5.97 Å². The Labute approximate surface area is 234 Å². The molecule has 1 aromatic heterocycles. The van der Waals surface area contributed by atoms with Gasteiger partial charge in [0.15, 0.2) is 11.7 Å². The molecule has 41 heavy (non-hydrogen) atoms. The summed E-state index contributed by atoms with van der Waals surface area (Å²) in [5.41, 5.74) is 5.13. The number of carbonyl (C=O) groups is 2. The number of aromatic hydroxyl groups is 1. The SMILES string of the molecule is COC(=O)c1ccc2cccc(NCc3c(O)ccc4c(-c5ccccc5C=O)c5cc(C)c(=O)cc-5oc34)c2n1. The summed E-state index contributed by atoms with van der Waals surface area (Å²) in [5, 5.41) is 15.8. The molecule has 3 aromatic carbocycles. The van der Waals surface area contributed by atoms with Gasteiger partial charge in [0.05, 0.1) is 23.9 Å². The van der Waals surface area contributed by atoms with Gasteiger partial charge in [0, 0.05) is 40.1 Å². The zero-order chi connectivity index (χ0) is 28.7. The first kappa shape index (κ1) is 25.8. The molecule has 0 saturated carbocycles. The number of hydrogen-bond acceptors (Lipinski definition) is 8. The molecule has 6 rings (SSSR count). The number of aryl methyl sites for hydroxylation is 1. The Morgan fingerprint density at radius 1 is 1.02 bits per heavy atom. The second-order valence-electron chi connectivity index (χ2n) is 9.65. The first-order valence-corrected chi connectivity index (χ1v) is 12.9. The number of aldehydes is 1. The van der Waals surface area contributed by atoms with Crippen molar-refractivity contribution in [2.75, 3.05) is 12.4 Å². The number of anilines is 1. The fraction of sp³-hybridized carbons (Fsp3) is 0.0909. The number of ether oxygens (including phenoxy) is 1. The Balaban J connectivity index is 1.55. The van der Waals surface area contributed by atoms with Crippen LogP contribution in [-0.2, 0) is 11.3 Å². The van der Waals surface area contributed by atoms with E-state index in [0.29, 0.717) is 55.8 Å². The third-order valence-corrected chi connectivity index (χ3v) is 7.19. The molecule has 0 radical (unpaired) electrons. The molecule has 0 atom stereocenters. The van der Waals surface area contributed by atoms with Crippen LogP contribution >= 0.6 is 0 Å². The third kappa shape index (κ3) is 4.45. The second kappa shape index (κ2) is 10.2. The number of carbonyl (C=O) groups excluding carboxylic acids is 2. The van der Waals surface area contributed by atoms with Crippen molar-refractivity contribution in [2.24, 2.45) is 0 Å². The lowest BCUT2D eigenvalue weighted by Crippen LogP contribution is -2.07. The molecule has 0 amide bonds. The number of esters is 1. The summed E-state index contributed by atoms with van der Waals surface area (Å²) in [6.07, 6.45) is 0.797. The van der Waals surface area contributed by atoms with Gasteiger partial charge in [0.2, 0.25) is 0 Å². The number of nitrogens with zero attached hydrogens (tertiary/aromatic N) is 1. The number of phenolic OH excluding ortho intramolecular Hbond substituents is 1. The Morgan fingerprint density at radius 3 is 2.66 bits per heavy atom. The number of rotatable bonds is 6. The topological polar surface area (TPSA) is 119 Å². The van der Waals surface area contributed by atoms with E-state index in [0.717, 1.165) is 17.2 Å². The van der Waals surface area contributed by atoms with Crippen LogP contribution in [-0.4, -0.2) is 29.5 Å². The molecule has 1 aliphatic carbocycles. The van der Waals surface area contributed by atoms with Gasteiger partial charge < -0.3 is 19.6 Å². The molecule has 2 N–H and O–H groups in total. The standard InChI is InChI=1S/C33H24N2O6/c1-18-14-23-29(15-28(18)38)41-32-22(30(23)21-8-4-3-6-20(21)17-36)11-13-27(37)24(32)16-34-25-9-5-7-19-10-12-26(33(39)40-2)35-31(19)25/h3-15,17,34,37H,16H2,1-2H3. The van der Waals surface area contributed by atoms with Crippen molar-refractivity contribution in [2.45, 2.75) is 13.5 Å². The monoisotopic (exact) mass is 544 g/mol. The second-order valence-corrected chi connectivity index (χ2v) is 9.65. The number of methoxy groups -OCH3 is 1. The highest BCUT2D eigenvalue weighted by atomic mass is 16.5. The Bertz CT molecular complexity index is 2030. The fourth-order valence-electron chi connectivity index (χ4n) is 5.12. The van der Waals surface area contributed by atoms with E-state index in [9.17, 15) is 19.5 Å². The summed E-state index contributed by atoms with van der Waals surface area (Å²) in [6.45, 7) is 1.86. The van der Waals surface area contributed by atoms with E-state index in [1.54, 1.807) is 49.4 Å². The quantitative estimate of drug-likeness (QED) is 0.142. The number of hydrogen-bond donors (Lipinski definition) is 2. The molecule has 8 heteroatoms. The molecule has 1 aliphatic heterocycles. The number of nitrogens with one attached hydrogen (secondary N) is 1. The van der Waals surface area contributed by atoms with Crippen molar-refractivity contribution < 1.29 is 23.8 Å². The van der Waals surface area contributed by atoms with Crippen LogP contribution in [0.25, 0.3) is 44.3 Å². The third-order valence-electron chi connectivity index (χ3n) is 7.19. The average molecular weight is 545 g/mol. The normalized spacial score (nSPS) is 11.2. The number of aromatic nitrogens is 1. The van der Waals surface area contributed by atoms with Crippen LogP contribution in [0.3, 0.4) is 0 Å². The van der Waals surface area contributed by atoms with E-state index in [2.05, 4.69) is 10.3 Å². The smallest absolute Gasteiger partial charge is 0.356 e. The Hall–Kier alpha value is -5.50. The fourth-order valence-corrected chi connectivity index (χ4v) is 5.12. The summed E-state index contributed by atoms with van der Waals surface area (Å²) in [7, 11) is 1.30. The van der Waals surface area contributed by atoms with Crippen molar-refractivity contribution in [1.29, 1.82) is 0 Å². The first-order chi connectivity index (χ1) is 19.9. The molecule has 0 unspecified atom stereocenters. The lowest BCUT2D eigenvalue weighted by atomic mass is 9.89. The van der Waals surface area contributed by atoms with Gasteiger partial charge in [-0.15, -0.1) is 0 Å². The Kier molecular flexibility index (Phi) is 6.43. The minimum atomic E-state index is -0.546. The van der Waals surface area contributed by atoms with E-state index in [-0.39, 0.29) is 23.4 Å². The molecular weight excluding hydrogens is 520 g/mol. The highest BCUT2D eigenvalue weighted by Gasteiger charge is 2.23. The molecule has 0 fully saturated rings. The largest absolute Gasteiger partial charge is 0.507 e. The zero-order valence-corrected chi connectivity index (χ0v) is 22.2. The predicted octanol–water partition coefficient (Wildman–Crippen LogP) is 6.34. The number of fused-ring (bicyclic) bond motifs is 3. The molecule has 4 aromatic rings. The van der Waals surface area contributed by atoms with Gasteiger partial charge in [-0.25, -0.2) is 9.78 Å². The molecule has 0 bridgehead atoms. The summed E-state index contributed by atoms with van der Waals surface area (Å²) in [4.78, 5) is 41.2. The zero-order valence-electron chi connectivity index (χ0n) is 22.2. The van der Waals surface area contributed by atoms with E-state index >= 15 is 0 Å². The summed E-state index contributed by atoms with van der Waals surface area (Å²) >= 11 is 0. The average Bonchev–Trinajstić information content (AvgIpc) is 2.99. The minimum Gasteiger partial charge on any atom is -0.507 e. The molecule has 0 saturated heterocycles. The van der Waals surface area contributed by atoms with Crippen molar-refractivity contribution in [3.05, 3.63) is 111 Å². The van der Waals surface area contributed by atoms with Crippen LogP contribution in [0.5, 0.6) is 5.75 Å². The molecule has 2 heterocycles. The van der Waals surface area contributed by atoms with Crippen LogP contribution in [0.2, 0.25) is 0 Å². The van der Waals surface area contributed by atoms with Crippen molar-refractivity contribution in [1.82, 2.24) is 4.98 Å². The highest BCUT2D eigenvalue weighted by molar-refractivity contribution is 6.06. The van der Waals surface area contributed by atoms with Crippen molar-refractivity contribution in [3.8, 4) is 28.2 Å². The highest BCUT2D eigenvalue weighted by Crippen LogP contribution is 2.43. The lowest BCUT2D eigenvalue weighted by Gasteiger charge is -2.19. The molecule has 2 aliphatic rings. The van der Waals surface area contributed by atoms with Crippen LogP contribution in [0.15, 0.2) is 88.1 Å². The van der Waals surface area contributed by atoms with Crippen molar-refractivity contribution in [3.63, 3.8) is 0 Å². The van der Waals surface area contributed by atoms with Gasteiger partial charge in [-0.3, -0.25) is 9.59 Å². The molecule has 0 spiro atoms. The lowest BCUT2D eigenvalue weighted by molar-refractivity contribution is 0.0594. The van der Waals surface area contributed by atoms with Crippen LogP contribution in [0, 0.1) is 6.92 Å². The van der Waals surface area contributed by atoms with Gasteiger partial charge in [-0.1, -0.05) is 42.5 Å². The van der Waals surface area contributed by atoms with Crippen LogP contribution in [0.1, 0.15) is 32.0 Å². The van der Waals surface area contributed by atoms with Gasteiger partial charge in [0.25, 0.3) is 0 Å². The maximum atomic E-state index is 12.6. The number of para-hydroxylation sites is 1. The molecular formula is C33H24N2O6.